The fourth-order valence-corrected chi connectivity index (χ4v) is 1.05. The molecule has 0 saturated heterocycles. The van der Waals surface area contributed by atoms with E-state index in [1.165, 1.54) is 0 Å². The molecule has 0 aliphatic carbocycles. The number of ether oxygens (including phenoxy) is 1. The second-order valence-electron chi connectivity index (χ2n) is 2.80. The number of imidazole rings is 1. The smallest absolute Gasteiger partial charge is 0.407 e. The summed E-state index contributed by atoms with van der Waals surface area (Å²) in [5, 5.41) is 2.65. The largest absolute Gasteiger partial charge is 0.450 e. The first-order valence-electron chi connectivity index (χ1n) is 4.69. The Hall–Kier alpha value is -1.52. The van der Waals surface area contributed by atoms with Crippen molar-refractivity contribution in [1.82, 2.24) is 14.9 Å². The molecule has 1 aromatic rings. The standard InChI is InChI=1S/C9H15N3O2/c1-2-14-9(13)11-4-3-6-12-7-5-10-8-12/h5,7-8H,2-4,6H2,1H3,(H,11,13). The van der Waals surface area contributed by atoms with E-state index in [-0.39, 0.29) is 6.09 Å². The lowest BCUT2D eigenvalue weighted by atomic mass is 10.4. The fraction of sp³-hybridized carbons (Fsp3) is 0.556. The zero-order valence-electron chi connectivity index (χ0n) is 8.27. The molecule has 0 atom stereocenters. The molecule has 0 aromatic carbocycles. The van der Waals surface area contributed by atoms with Crippen LogP contribution in [0.3, 0.4) is 0 Å². The lowest BCUT2D eigenvalue weighted by molar-refractivity contribution is 0.152. The Morgan fingerprint density at radius 2 is 2.50 bits per heavy atom. The number of amides is 1. The average molecular weight is 197 g/mol. The molecule has 0 unspecified atom stereocenters. The van der Waals surface area contributed by atoms with E-state index < -0.39 is 0 Å². The van der Waals surface area contributed by atoms with E-state index in [9.17, 15) is 4.79 Å². The first-order valence-corrected chi connectivity index (χ1v) is 4.69. The van der Waals surface area contributed by atoms with Crippen LogP contribution in [0, 0.1) is 0 Å². The number of carbonyl (C=O) groups excluding carboxylic acids is 1. The summed E-state index contributed by atoms with van der Waals surface area (Å²) in [7, 11) is 0. The summed E-state index contributed by atoms with van der Waals surface area (Å²) in [6, 6.07) is 0. The monoisotopic (exact) mass is 197 g/mol. The lowest BCUT2D eigenvalue weighted by Gasteiger charge is -2.05. The van der Waals surface area contributed by atoms with Crippen molar-refractivity contribution < 1.29 is 9.53 Å². The quantitative estimate of drug-likeness (QED) is 0.717. The molecule has 0 bridgehead atoms. The maximum absolute atomic E-state index is 10.9. The number of nitrogens with zero attached hydrogens (tertiary/aromatic N) is 2. The van der Waals surface area contributed by atoms with Gasteiger partial charge in [0.05, 0.1) is 12.9 Å². The van der Waals surface area contributed by atoms with Crippen LogP contribution in [-0.2, 0) is 11.3 Å². The predicted molar refractivity (Wildman–Crippen MR) is 51.9 cm³/mol. The molecule has 0 aliphatic heterocycles. The highest BCUT2D eigenvalue weighted by Gasteiger charge is 1.97. The van der Waals surface area contributed by atoms with Crippen LogP contribution in [0.4, 0.5) is 4.79 Å². The van der Waals surface area contributed by atoms with Gasteiger partial charge in [-0.2, -0.15) is 0 Å². The Morgan fingerprint density at radius 1 is 1.64 bits per heavy atom. The topological polar surface area (TPSA) is 56.1 Å². The van der Waals surface area contributed by atoms with Crippen molar-refractivity contribution in [3.8, 4) is 0 Å². The van der Waals surface area contributed by atoms with E-state index in [0.29, 0.717) is 13.2 Å². The first-order chi connectivity index (χ1) is 6.83. The SMILES string of the molecule is CCOC(=O)NCCCn1ccnc1. The molecule has 0 radical (unpaired) electrons. The maximum Gasteiger partial charge on any atom is 0.407 e. The van der Waals surface area contributed by atoms with E-state index in [2.05, 4.69) is 10.3 Å². The molecule has 1 amide bonds. The minimum atomic E-state index is -0.349. The fourth-order valence-electron chi connectivity index (χ4n) is 1.05. The molecule has 5 nitrogen and oxygen atoms in total. The first kappa shape index (κ1) is 10.6. The van der Waals surface area contributed by atoms with Crippen LogP contribution in [0.15, 0.2) is 18.7 Å². The Labute approximate surface area is 83.1 Å². The van der Waals surface area contributed by atoms with Crippen molar-refractivity contribution in [3.63, 3.8) is 0 Å². The molecule has 78 valence electrons. The molecule has 1 N–H and O–H groups in total. The summed E-state index contributed by atoms with van der Waals surface area (Å²) in [6.07, 6.45) is 5.90. The van der Waals surface area contributed by atoms with Gasteiger partial charge in [-0.05, 0) is 13.3 Å². The van der Waals surface area contributed by atoms with Crippen LogP contribution in [-0.4, -0.2) is 28.8 Å². The van der Waals surface area contributed by atoms with Gasteiger partial charge in [0.15, 0.2) is 0 Å². The highest BCUT2D eigenvalue weighted by atomic mass is 16.5. The minimum Gasteiger partial charge on any atom is -0.450 e. The van der Waals surface area contributed by atoms with Crippen LogP contribution >= 0.6 is 0 Å². The molecule has 0 saturated carbocycles. The molecule has 5 heteroatoms. The van der Waals surface area contributed by atoms with Gasteiger partial charge < -0.3 is 14.6 Å². The predicted octanol–water partition coefficient (Wildman–Crippen LogP) is 1.02. The number of carbonyl (C=O) groups is 1. The van der Waals surface area contributed by atoms with E-state index in [4.69, 9.17) is 4.74 Å². The minimum absolute atomic E-state index is 0.349. The van der Waals surface area contributed by atoms with Gasteiger partial charge in [-0.1, -0.05) is 0 Å². The zero-order chi connectivity index (χ0) is 10.2. The van der Waals surface area contributed by atoms with Crippen molar-refractivity contribution in [3.05, 3.63) is 18.7 Å². The third kappa shape index (κ3) is 3.93. The highest BCUT2D eigenvalue weighted by molar-refractivity contribution is 5.66. The Balaban J connectivity index is 2.02. The molecule has 0 fully saturated rings. The van der Waals surface area contributed by atoms with Gasteiger partial charge in [-0.3, -0.25) is 0 Å². The number of nitrogens with one attached hydrogen (secondary N) is 1. The lowest BCUT2D eigenvalue weighted by Crippen LogP contribution is -2.25. The second kappa shape index (κ2) is 6.01. The molecule has 0 spiro atoms. The number of aryl methyl sites for hydroxylation is 1. The number of hydrogen-bond acceptors (Lipinski definition) is 3. The summed E-state index contributed by atoms with van der Waals surface area (Å²) in [4.78, 5) is 14.8. The number of rotatable bonds is 5. The average Bonchev–Trinajstić information content (AvgIpc) is 2.65. The molecule has 1 aromatic heterocycles. The molecule has 14 heavy (non-hydrogen) atoms. The number of alkyl carbamates (subject to hydrolysis) is 1. The van der Waals surface area contributed by atoms with E-state index in [1.807, 2.05) is 10.8 Å². The Morgan fingerprint density at radius 3 is 3.14 bits per heavy atom. The van der Waals surface area contributed by atoms with Crippen LogP contribution in [0.1, 0.15) is 13.3 Å². The van der Waals surface area contributed by atoms with Crippen molar-refractivity contribution in [2.45, 2.75) is 19.9 Å². The summed E-state index contributed by atoms with van der Waals surface area (Å²) in [6.45, 7) is 3.67. The van der Waals surface area contributed by atoms with Crippen molar-refractivity contribution >= 4 is 6.09 Å². The normalized spacial score (nSPS) is 9.79. The van der Waals surface area contributed by atoms with E-state index >= 15 is 0 Å². The van der Waals surface area contributed by atoms with E-state index in [1.54, 1.807) is 19.4 Å². The summed E-state index contributed by atoms with van der Waals surface area (Å²) < 4.78 is 6.68. The highest BCUT2D eigenvalue weighted by Crippen LogP contribution is 1.89. The van der Waals surface area contributed by atoms with Crippen LogP contribution in [0.5, 0.6) is 0 Å². The maximum atomic E-state index is 10.9. The van der Waals surface area contributed by atoms with Gasteiger partial charge in [0.2, 0.25) is 0 Å². The second-order valence-corrected chi connectivity index (χ2v) is 2.80. The Kier molecular flexibility index (Phi) is 4.54. The van der Waals surface area contributed by atoms with Crippen molar-refractivity contribution in [2.24, 2.45) is 0 Å². The van der Waals surface area contributed by atoms with Gasteiger partial charge in [0, 0.05) is 25.5 Å². The third-order valence-corrected chi connectivity index (χ3v) is 1.70. The van der Waals surface area contributed by atoms with Crippen molar-refractivity contribution in [1.29, 1.82) is 0 Å². The summed E-state index contributed by atoms with van der Waals surface area (Å²) in [5.41, 5.74) is 0. The number of hydrogen-bond donors (Lipinski definition) is 1. The third-order valence-electron chi connectivity index (χ3n) is 1.70. The summed E-state index contributed by atoms with van der Waals surface area (Å²) >= 11 is 0. The van der Waals surface area contributed by atoms with Crippen LogP contribution in [0.2, 0.25) is 0 Å². The van der Waals surface area contributed by atoms with E-state index in [0.717, 1.165) is 13.0 Å². The van der Waals surface area contributed by atoms with Crippen LogP contribution in [0.25, 0.3) is 0 Å². The molecular weight excluding hydrogens is 182 g/mol. The molecular formula is C9H15N3O2. The van der Waals surface area contributed by atoms with Gasteiger partial charge in [-0.15, -0.1) is 0 Å². The van der Waals surface area contributed by atoms with Gasteiger partial charge >= 0.3 is 6.09 Å². The van der Waals surface area contributed by atoms with Crippen LogP contribution < -0.4 is 5.32 Å². The molecule has 1 rings (SSSR count). The number of aromatic nitrogens is 2. The zero-order valence-corrected chi connectivity index (χ0v) is 8.27. The van der Waals surface area contributed by atoms with Gasteiger partial charge in [0.1, 0.15) is 0 Å². The van der Waals surface area contributed by atoms with Gasteiger partial charge in [0.25, 0.3) is 0 Å². The molecule has 1 heterocycles. The van der Waals surface area contributed by atoms with Crippen molar-refractivity contribution in [2.75, 3.05) is 13.2 Å². The molecule has 0 aliphatic rings. The summed E-state index contributed by atoms with van der Waals surface area (Å²) in [5.74, 6) is 0. The van der Waals surface area contributed by atoms with Gasteiger partial charge in [-0.25, -0.2) is 9.78 Å². The Bertz CT molecular complexity index is 259.